The Morgan fingerprint density at radius 2 is 2.10 bits per heavy atom. The average molecular weight is 395 g/mol. The summed E-state index contributed by atoms with van der Waals surface area (Å²) in [4.78, 5) is 0.297. The number of halogens is 1. The van der Waals surface area contributed by atoms with E-state index in [9.17, 15) is 8.42 Å². The minimum Gasteiger partial charge on any atom is -0.316 e. The Morgan fingerprint density at radius 1 is 1.38 bits per heavy atom. The van der Waals surface area contributed by atoms with Crippen LogP contribution >= 0.6 is 27.7 Å². The molecule has 0 heterocycles. The first-order valence-electron chi connectivity index (χ1n) is 6.93. The van der Waals surface area contributed by atoms with Gasteiger partial charge < -0.3 is 5.32 Å². The molecule has 2 N–H and O–H groups in total. The van der Waals surface area contributed by atoms with Gasteiger partial charge in [-0.1, -0.05) is 13.0 Å². The Kier molecular flexibility index (Phi) is 8.26. The van der Waals surface area contributed by atoms with Crippen LogP contribution in [-0.2, 0) is 16.6 Å². The van der Waals surface area contributed by atoms with Crippen LogP contribution in [0.25, 0.3) is 0 Å². The molecule has 0 aromatic heterocycles. The van der Waals surface area contributed by atoms with Crippen LogP contribution in [0.1, 0.15) is 25.8 Å². The van der Waals surface area contributed by atoms with Crippen molar-refractivity contribution < 1.29 is 8.42 Å². The number of thioether (sulfide) groups is 1. The van der Waals surface area contributed by atoms with Gasteiger partial charge in [-0.2, -0.15) is 11.8 Å². The number of hydrogen-bond acceptors (Lipinski definition) is 4. The predicted molar refractivity (Wildman–Crippen MR) is 94.3 cm³/mol. The van der Waals surface area contributed by atoms with Crippen molar-refractivity contribution in [3.63, 3.8) is 0 Å². The van der Waals surface area contributed by atoms with E-state index in [4.69, 9.17) is 0 Å². The average Bonchev–Trinajstić information content (AvgIpc) is 2.41. The first-order chi connectivity index (χ1) is 9.90. The minimum absolute atomic E-state index is 0.0751. The molecule has 0 bridgehead atoms. The molecule has 4 nitrogen and oxygen atoms in total. The van der Waals surface area contributed by atoms with Crippen LogP contribution in [0.2, 0.25) is 0 Å². The lowest BCUT2D eigenvalue weighted by Crippen LogP contribution is -2.33. The van der Waals surface area contributed by atoms with Gasteiger partial charge in [-0.15, -0.1) is 0 Å². The molecular weight excluding hydrogens is 372 g/mol. The van der Waals surface area contributed by atoms with Crippen LogP contribution in [0, 0.1) is 0 Å². The highest BCUT2D eigenvalue weighted by Crippen LogP contribution is 2.23. The second-order valence-corrected chi connectivity index (χ2v) is 8.73. The summed E-state index contributed by atoms with van der Waals surface area (Å²) in [5.41, 5.74) is 0.940. The SMILES string of the molecule is CCSCCC(C)NS(=O)(=O)c1cc(CNC)ccc1Br. The monoisotopic (exact) mass is 394 g/mol. The van der Waals surface area contributed by atoms with Gasteiger partial charge in [0.05, 0.1) is 4.90 Å². The molecule has 7 heteroatoms. The van der Waals surface area contributed by atoms with Crippen molar-refractivity contribution in [3.05, 3.63) is 28.2 Å². The number of nitrogens with one attached hydrogen (secondary N) is 2. The highest BCUT2D eigenvalue weighted by Gasteiger charge is 2.20. The fraction of sp³-hybridized carbons (Fsp3) is 0.571. The number of benzene rings is 1. The molecule has 0 saturated heterocycles. The van der Waals surface area contributed by atoms with Crippen molar-refractivity contribution in [3.8, 4) is 0 Å². The van der Waals surface area contributed by atoms with Crippen molar-refractivity contribution in [2.75, 3.05) is 18.6 Å². The molecule has 1 aromatic rings. The molecule has 1 aromatic carbocycles. The maximum Gasteiger partial charge on any atom is 0.241 e. The lowest BCUT2D eigenvalue weighted by molar-refractivity contribution is 0.556. The van der Waals surface area contributed by atoms with Crippen molar-refractivity contribution in [2.45, 2.75) is 37.8 Å². The van der Waals surface area contributed by atoms with Crippen molar-refractivity contribution in [2.24, 2.45) is 0 Å². The molecule has 21 heavy (non-hydrogen) atoms. The zero-order chi connectivity index (χ0) is 15.9. The second kappa shape index (κ2) is 9.15. The van der Waals surface area contributed by atoms with E-state index in [0.717, 1.165) is 23.5 Å². The van der Waals surface area contributed by atoms with Gasteiger partial charge in [-0.05, 0) is 65.5 Å². The molecule has 0 aliphatic carbocycles. The lowest BCUT2D eigenvalue weighted by atomic mass is 10.2. The Hall–Kier alpha value is -0.0800. The summed E-state index contributed by atoms with van der Waals surface area (Å²) in [6, 6.07) is 5.31. The van der Waals surface area contributed by atoms with Crippen LogP contribution in [0.3, 0.4) is 0 Å². The van der Waals surface area contributed by atoms with Gasteiger partial charge in [0, 0.05) is 17.1 Å². The summed E-state index contributed by atoms with van der Waals surface area (Å²) in [5.74, 6) is 2.01. The summed E-state index contributed by atoms with van der Waals surface area (Å²) in [6.45, 7) is 4.64. The topological polar surface area (TPSA) is 58.2 Å². The third-order valence-corrected chi connectivity index (χ3v) is 6.44. The number of rotatable bonds is 9. The molecule has 0 amide bonds. The summed E-state index contributed by atoms with van der Waals surface area (Å²) in [6.07, 6.45) is 0.825. The summed E-state index contributed by atoms with van der Waals surface area (Å²) in [5, 5.41) is 3.02. The Morgan fingerprint density at radius 3 is 2.71 bits per heavy atom. The smallest absolute Gasteiger partial charge is 0.241 e. The Bertz CT molecular complexity index is 550. The fourth-order valence-electron chi connectivity index (χ4n) is 1.86. The molecule has 1 rings (SSSR count). The molecule has 1 unspecified atom stereocenters. The molecule has 0 aliphatic heterocycles. The third kappa shape index (κ3) is 6.28. The van der Waals surface area contributed by atoms with E-state index in [1.807, 2.05) is 31.8 Å². The molecule has 0 fully saturated rings. The summed E-state index contributed by atoms with van der Waals surface area (Å²) in [7, 11) is -1.67. The van der Waals surface area contributed by atoms with Crippen molar-refractivity contribution in [1.29, 1.82) is 0 Å². The molecule has 120 valence electrons. The second-order valence-electron chi connectivity index (χ2n) is 4.80. The standard InChI is InChI=1S/C14H23BrN2O2S2/c1-4-20-8-7-11(2)17-21(18,19)14-9-12(10-16-3)5-6-13(14)15/h5-6,9,11,16-17H,4,7-8,10H2,1-3H3. The zero-order valence-electron chi connectivity index (χ0n) is 12.6. The molecule has 0 aliphatic rings. The molecule has 0 spiro atoms. The van der Waals surface area contributed by atoms with Crippen molar-refractivity contribution >= 4 is 37.7 Å². The van der Waals surface area contributed by atoms with E-state index in [0.29, 0.717) is 15.9 Å². The van der Waals surface area contributed by atoms with E-state index < -0.39 is 10.0 Å². The van der Waals surface area contributed by atoms with E-state index in [1.54, 1.807) is 12.1 Å². The molecule has 0 saturated carbocycles. The van der Waals surface area contributed by atoms with Crippen LogP contribution in [-0.4, -0.2) is 33.0 Å². The number of hydrogen-bond donors (Lipinski definition) is 2. The van der Waals surface area contributed by atoms with E-state index >= 15 is 0 Å². The third-order valence-electron chi connectivity index (χ3n) is 2.92. The zero-order valence-corrected chi connectivity index (χ0v) is 15.9. The Labute approximate surface area is 140 Å². The normalized spacial score (nSPS) is 13.3. The summed E-state index contributed by atoms with van der Waals surface area (Å²) < 4.78 is 28.3. The van der Waals surface area contributed by atoms with Gasteiger partial charge >= 0.3 is 0 Å². The lowest BCUT2D eigenvalue weighted by Gasteiger charge is -2.15. The Balaban J connectivity index is 2.84. The first-order valence-corrected chi connectivity index (χ1v) is 10.4. The highest BCUT2D eigenvalue weighted by atomic mass is 79.9. The first kappa shape index (κ1) is 19.0. The van der Waals surface area contributed by atoms with Crippen LogP contribution in [0.4, 0.5) is 0 Å². The van der Waals surface area contributed by atoms with Crippen LogP contribution < -0.4 is 10.0 Å². The largest absolute Gasteiger partial charge is 0.316 e. The van der Waals surface area contributed by atoms with Gasteiger partial charge in [0.25, 0.3) is 0 Å². The van der Waals surface area contributed by atoms with Gasteiger partial charge in [0.2, 0.25) is 10.0 Å². The van der Waals surface area contributed by atoms with E-state index in [2.05, 4.69) is 32.9 Å². The van der Waals surface area contributed by atoms with Gasteiger partial charge in [0.1, 0.15) is 0 Å². The molecule has 1 atom stereocenters. The number of sulfonamides is 1. The predicted octanol–water partition coefficient (Wildman–Crippen LogP) is 2.98. The fourth-order valence-corrected chi connectivity index (χ4v) is 4.96. The van der Waals surface area contributed by atoms with E-state index in [-0.39, 0.29) is 6.04 Å². The van der Waals surface area contributed by atoms with E-state index in [1.165, 1.54) is 0 Å². The quantitative estimate of drug-likeness (QED) is 0.632. The highest BCUT2D eigenvalue weighted by molar-refractivity contribution is 9.10. The van der Waals surface area contributed by atoms with Gasteiger partial charge in [-0.3, -0.25) is 0 Å². The maximum atomic E-state index is 12.5. The van der Waals surface area contributed by atoms with Gasteiger partial charge in [-0.25, -0.2) is 13.1 Å². The van der Waals surface area contributed by atoms with Gasteiger partial charge in [0.15, 0.2) is 0 Å². The maximum absolute atomic E-state index is 12.5. The minimum atomic E-state index is -3.50. The van der Waals surface area contributed by atoms with Crippen LogP contribution in [0.15, 0.2) is 27.6 Å². The molecule has 0 radical (unpaired) electrons. The molecular formula is C14H23BrN2O2S2. The van der Waals surface area contributed by atoms with Crippen LogP contribution in [0.5, 0.6) is 0 Å². The summed E-state index contributed by atoms with van der Waals surface area (Å²) >= 11 is 5.15. The van der Waals surface area contributed by atoms with Crippen molar-refractivity contribution in [1.82, 2.24) is 10.0 Å².